The summed E-state index contributed by atoms with van der Waals surface area (Å²) < 4.78 is 5.20. The van der Waals surface area contributed by atoms with E-state index in [2.05, 4.69) is 9.97 Å². The van der Waals surface area contributed by atoms with Gasteiger partial charge in [0.25, 0.3) is 0 Å². The summed E-state index contributed by atoms with van der Waals surface area (Å²) in [7, 11) is 1.60. The zero-order valence-corrected chi connectivity index (χ0v) is 8.23. The molecule has 76 valence electrons. The van der Waals surface area contributed by atoms with Crippen LogP contribution >= 0.6 is 0 Å². The van der Waals surface area contributed by atoms with Crippen LogP contribution in [-0.4, -0.2) is 17.1 Å². The predicted molar refractivity (Wildman–Crippen MR) is 56.8 cm³/mol. The summed E-state index contributed by atoms with van der Waals surface area (Å²) in [6.45, 7) is 0. The van der Waals surface area contributed by atoms with E-state index in [0.29, 0.717) is 5.69 Å². The van der Waals surface area contributed by atoms with Crippen LogP contribution in [0.3, 0.4) is 0 Å². The molecule has 1 aromatic heterocycles. The average molecular weight is 202 g/mol. The number of methoxy groups -OCH3 is 1. The smallest absolute Gasteiger partial charge is 0.345 e. The van der Waals surface area contributed by atoms with Crippen LogP contribution < -0.4 is 10.4 Å². The van der Waals surface area contributed by atoms with E-state index in [9.17, 15) is 4.79 Å². The molecule has 0 spiro atoms. The first-order chi connectivity index (χ1) is 7.31. The Labute approximate surface area is 86.6 Å². The molecule has 0 fully saturated rings. The third-order valence-corrected chi connectivity index (χ3v) is 2.07. The van der Waals surface area contributed by atoms with Crippen LogP contribution in [0, 0.1) is 0 Å². The number of nitrogens with zero attached hydrogens (tertiary/aromatic N) is 1. The Balaban J connectivity index is 2.58. The molecule has 0 amide bonds. The maximum Gasteiger partial charge on any atom is 0.345 e. The molecule has 1 aromatic carbocycles. The third-order valence-electron chi connectivity index (χ3n) is 2.07. The van der Waals surface area contributed by atoms with E-state index in [0.717, 1.165) is 11.3 Å². The molecule has 0 atom stereocenters. The largest absolute Gasteiger partial charge is 0.496 e. The Morgan fingerprint density at radius 2 is 2.07 bits per heavy atom. The van der Waals surface area contributed by atoms with Crippen molar-refractivity contribution >= 4 is 0 Å². The number of para-hydroxylation sites is 1. The maximum absolute atomic E-state index is 11.1. The summed E-state index contributed by atoms with van der Waals surface area (Å²) in [6.07, 6.45) is 1.47. The lowest BCUT2D eigenvalue weighted by Crippen LogP contribution is -2.09. The van der Waals surface area contributed by atoms with Crippen LogP contribution in [0.2, 0.25) is 0 Å². The van der Waals surface area contributed by atoms with Gasteiger partial charge in [-0.3, -0.25) is 0 Å². The van der Waals surface area contributed by atoms with Crippen molar-refractivity contribution in [3.63, 3.8) is 0 Å². The number of ether oxygens (including phenoxy) is 1. The molecule has 0 bridgehead atoms. The highest BCUT2D eigenvalue weighted by molar-refractivity contribution is 5.66. The van der Waals surface area contributed by atoms with Gasteiger partial charge in [0.15, 0.2) is 0 Å². The Bertz CT molecular complexity index is 520. The van der Waals surface area contributed by atoms with Crippen molar-refractivity contribution in [2.75, 3.05) is 7.11 Å². The van der Waals surface area contributed by atoms with E-state index in [4.69, 9.17) is 4.74 Å². The second kappa shape index (κ2) is 3.96. The minimum absolute atomic E-state index is 0.363. The van der Waals surface area contributed by atoms with Crippen molar-refractivity contribution in [1.29, 1.82) is 0 Å². The van der Waals surface area contributed by atoms with Crippen LogP contribution in [0.5, 0.6) is 5.75 Å². The standard InChI is InChI=1S/C11H10N2O2/c1-15-10-5-3-2-4-8(10)9-6-7-12-11(14)13-9/h2-7H,1H3,(H,12,13,14). The minimum Gasteiger partial charge on any atom is -0.496 e. The first-order valence-electron chi connectivity index (χ1n) is 4.50. The van der Waals surface area contributed by atoms with E-state index >= 15 is 0 Å². The zero-order valence-electron chi connectivity index (χ0n) is 8.23. The van der Waals surface area contributed by atoms with Crippen molar-refractivity contribution in [2.24, 2.45) is 0 Å². The van der Waals surface area contributed by atoms with Crippen LogP contribution in [0.1, 0.15) is 0 Å². The van der Waals surface area contributed by atoms with Crippen LogP contribution in [0.25, 0.3) is 11.3 Å². The Morgan fingerprint density at radius 1 is 1.27 bits per heavy atom. The van der Waals surface area contributed by atoms with Crippen LogP contribution in [-0.2, 0) is 0 Å². The first kappa shape index (κ1) is 9.45. The third kappa shape index (κ3) is 1.88. The molecule has 0 aliphatic carbocycles. The van der Waals surface area contributed by atoms with Gasteiger partial charge in [-0.1, -0.05) is 12.1 Å². The molecule has 1 N–H and O–H groups in total. The van der Waals surface area contributed by atoms with E-state index in [1.807, 2.05) is 24.3 Å². The van der Waals surface area contributed by atoms with E-state index in [-0.39, 0.29) is 5.69 Å². The van der Waals surface area contributed by atoms with Crippen molar-refractivity contribution < 1.29 is 4.74 Å². The monoisotopic (exact) mass is 202 g/mol. The van der Waals surface area contributed by atoms with Crippen molar-refractivity contribution in [3.8, 4) is 17.0 Å². The minimum atomic E-state index is -0.363. The number of nitrogens with one attached hydrogen (secondary N) is 1. The summed E-state index contributed by atoms with van der Waals surface area (Å²) >= 11 is 0. The lowest BCUT2D eigenvalue weighted by atomic mass is 10.1. The number of H-pyrrole nitrogens is 1. The van der Waals surface area contributed by atoms with Gasteiger partial charge in [-0.25, -0.2) is 9.78 Å². The summed E-state index contributed by atoms with van der Waals surface area (Å²) in [6, 6.07) is 9.22. The molecular weight excluding hydrogens is 192 g/mol. The van der Waals surface area contributed by atoms with Gasteiger partial charge >= 0.3 is 5.69 Å². The summed E-state index contributed by atoms with van der Waals surface area (Å²) in [5.41, 5.74) is 1.19. The Morgan fingerprint density at radius 3 is 2.80 bits per heavy atom. The van der Waals surface area contributed by atoms with Gasteiger partial charge in [-0.15, -0.1) is 0 Å². The van der Waals surface area contributed by atoms with Gasteiger partial charge in [0.2, 0.25) is 0 Å². The first-order valence-corrected chi connectivity index (χ1v) is 4.50. The average Bonchev–Trinajstić information content (AvgIpc) is 2.29. The highest BCUT2D eigenvalue weighted by atomic mass is 16.5. The Hall–Kier alpha value is -2.10. The maximum atomic E-state index is 11.1. The number of aromatic nitrogens is 2. The van der Waals surface area contributed by atoms with Gasteiger partial charge in [0.1, 0.15) is 5.75 Å². The number of hydrogen-bond acceptors (Lipinski definition) is 3. The van der Waals surface area contributed by atoms with Crippen LogP contribution in [0.4, 0.5) is 0 Å². The van der Waals surface area contributed by atoms with E-state index in [1.165, 1.54) is 6.20 Å². The molecule has 15 heavy (non-hydrogen) atoms. The molecular formula is C11H10N2O2. The highest BCUT2D eigenvalue weighted by Crippen LogP contribution is 2.26. The highest BCUT2D eigenvalue weighted by Gasteiger charge is 2.04. The molecule has 0 saturated carbocycles. The molecule has 0 unspecified atom stereocenters. The lowest BCUT2D eigenvalue weighted by molar-refractivity contribution is 0.416. The fourth-order valence-electron chi connectivity index (χ4n) is 1.39. The molecule has 0 radical (unpaired) electrons. The van der Waals surface area contributed by atoms with Crippen molar-refractivity contribution in [1.82, 2.24) is 9.97 Å². The topological polar surface area (TPSA) is 55.0 Å². The molecule has 0 aliphatic rings. The molecule has 4 nitrogen and oxygen atoms in total. The second-order valence-electron chi connectivity index (χ2n) is 2.99. The second-order valence-corrected chi connectivity index (χ2v) is 2.99. The molecule has 2 aromatic rings. The molecule has 0 saturated heterocycles. The van der Waals surface area contributed by atoms with Gasteiger partial charge in [-0.05, 0) is 18.2 Å². The quantitative estimate of drug-likeness (QED) is 0.801. The summed E-state index contributed by atoms with van der Waals surface area (Å²) in [5.74, 6) is 0.722. The number of aromatic amines is 1. The van der Waals surface area contributed by atoms with Gasteiger partial charge in [-0.2, -0.15) is 0 Å². The van der Waals surface area contributed by atoms with E-state index in [1.54, 1.807) is 13.2 Å². The van der Waals surface area contributed by atoms with E-state index < -0.39 is 0 Å². The number of hydrogen-bond donors (Lipinski definition) is 1. The number of rotatable bonds is 2. The zero-order chi connectivity index (χ0) is 10.7. The summed E-state index contributed by atoms with van der Waals surface area (Å²) in [4.78, 5) is 17.3. The van der Waals surface area contributed by atoms with Gasteiger partial charge in [0, 0.05) is 11.8 Å². The summed E-state index contributed by atoms with van der Waals surface area (Å²) in [5, 5.41) is 0. The molecule has 0 aliphatic heterocycles. The molecule has 2 rings (SSSR count). The SMILES string of the molecule is COc1ccccc1-c1ccnc(=O)[nH]1. The fourth-order valence-corrected chi connectivity index (χ4v) is 1.39. The van der Waals surface area contributed by atoms with Gasteiger partial charge < -0.3 is 9.72 Å². The number of benzene rings is 1. The normalized spacial score (nSPS) is 9.93. The molecule has 4 heteroatoms. The van der Waals surface area contributed by atoms with Crippen LogP contribution in [0.15, 0.2) is 41.3 Å². The fraction of sp³-hybridized carbons (Fsp3) is 0.0909. The Kier molecular flexibility index (Phi) is 2.49. The lowest BCUT2D eigenvalue weighted by Gasteiger charge is -2.06. The molecule has 1 heterocycles. The van der Waals surface area contributed by atoms with Crippen molar-refractivity contribution in [3.05, 3.63) is 47.0 Å². The predicted octanol–water partition coefficient (Wildman–Crippen LogP) is 1.45. The van der Waals surface area contributed by atoms with Crippen molar-refractivity contribution in [2.45, 2.75) is 0 Å². The van der Waals surface area contributed by atoms with Gasteiger partial charge in [0.05, 0.1) is 12.8 Å².